The number of carbonyl (C=O) groups is 1. The van der Waals surface area contributed by atoms with Crippen LogP contribution in [-0.4, -0.2) is 21.7 Å². The second-order valence-corrected chi connectivity index (χ2v) is 5.94. The van der Waals surface area contributed by atoms with Crippen molar-refractivity contribution >= 4 is 23.4 Å². The molecule has 0 aliphatic rings. The van der Waals surface area contributed by atoms with E-state index in [4.69, 9.17) is 4.52 Å². The third-order valence-electron chi connectivity index (χ3n) is 3.33. The predicted octanol–water partition coefficient (Wildman–Crippen LogP) is 2.75. The molecule has 0 bridgehead atoms. The van der Waals surface area contributed by atoms with E-state index in [1.165, 1.54) is 17.8 Å². The van der Waals surface area contributed by atoms with Gasteiger partial charge in [-0.15, -0.1) is 11.8 Å². The monoisotopic (exact) mass is 335 g/mol. The van der Waals surface area contributed by atoms with Gasteiger partial charge in [-0.05, 0) is 13.8 Å². The van der Waals surface area contributed by atoms with Gasteiger partial charge in [0.25, 0.3) is 5.69 Å². The largest absolute Gasteiger partial charge is 0.361 e. The van der Waals surface area contributed by atoms with Gasteiger partial charge < -0.3 is 9.84 Å². The first-order valence-corrected chi connectivity index (χ1v) is 8.13. The van der Waals surface area contributed by atoms with Crippen molar-refractivity contribution in [2.24, 2.45) is 0 Å². The summed E-state index contributed by atoms with van der Waals surface area (Å²) in [6, 6.07) is 6.37. The molecule has 0 aliphatic carbocycles. The molecule has 1 aromatic carbocycles. The van der Waals surface area contributed by atoms with Crippen molar-refractivity contribution in [3.05, 3.63) is 57.0 Å². The molecule has 0 unspecified atom stereocenters. The Morgan fingerprint density at radius 1 is 1.39 bits per heavy atom. The fourth-order valence-electron chi connectivity index (χ4n) is 2.04. The molecule has 0 atom stereocenters. The van der Waals surface area contributed by atoms with Crippen LogP contribution in [0.1, 0.15) is 22.6 Å². The van der Waals surface area contributed by atoms with Gasteiger partial charge in [-0.3, -0.25) is 14.9 Å². The first kappa shape index (κ1) is 17.0. The van der Waals surface area contributed by atoms with E-state index in [1.807, 2.05) is 13.8 Å². The average Bonchev–Trinajstić information content (AvgIpc) is 2.85. The number of hydrogen-bond donors (Lipinski definition) is 1. The van der Waals surface area contributed by atoms with Crippen molar-refractivity contribution in [2.75, 3.05) is 5.75 Å². The highest BCUT2D eigenvalue weighted by molar-refractivity contribution is 7.99. The average molecular weight is 335 g/mol. The zero-order valence-electron chi connectivity index (χ0n) is 12.9. The van der Waals surface area contributed by atoms with Gasteiger partial charge in [-0.1, -0.05) is 23.4 Å². The van der Waals surface area contributed by atoms with Crippen molar-refractivity contribution in [3.8, 4) is 0 Å². The summed E-state index contributed by atoms with van der Waals surface area (Å²) in [7, 11) is 0. The molecule has 8 heteroatoms. The van der Waals surface area contributed by atoms with Gasteiger partial charge in [0, 0.05) is 29.5 Å². The minimum Gasteiger partial charge on any atom is -0.361 e. The number of benzene rings is 1. The lowest BCUT2D eigenvalue weighted by Crippen LogP contribution is -2.25. The van der Waals surface area contributed by atoms with Crippen molar-refractivity contribution in [2.45, 2.75) is 26.1 Å². The van der Waals surface area contributed by atoms with Gasteiger partial charge in [0.15, 0.2) is 0 Å². The third kappa shape index (κ3) is 4.56. The van der Waals surface area contributed by atoms with Crippen LogP contribution in [0.3, 0.4) is 0 Å². The van der Waals surface area contributed by atoms with E-state index < -0.39 is 4.92 Å². The Morgan fingerprint density at radius 3 is 2.78 bits per heavy atom. The van der Waals surface area contributed by atoms with Gasteiger partial charge in [-0.2, -0.15) is 0 Å². The van der Waals surface area contributed by atoms with Gasteiger partial charge in [0.05, 0.1) is 16.4 Å². The minimum absolute atomic E-state index is 0.0103. The second kappa shape index (κ2) is 7.77. The molecule has 122 valence electrons. The second-order valence-electron chi connectivity index (χ2n) is 4.96. The number of aromatic nitrogens is 1. The molecular weight excluding hydrogens is 318 g/mol. The Balaban J connectivity index is 1.81. The summed E-state index contributed by atoms with van der Waals surface area (Å²) < 4.78 is 5.07. The van der Waals surface area contributed by atoms with Crippen LogP contribution in [0.4, 0.5) is 5.69 Å². The number of rotatable bonds is 7. The van der Waals surface area contributed by atoms with Gasteiger partial charge in [0.2, 0.25) is 5.91 Å². The molecule has 1 N–H and O–H groups in total. The SMILES string of the molecule is Cc1noc(C)c1CSCC(=O)NCc1ccccc1[N+](=O)[O-]. The fraction of sp³-hybridized carbons (Fsp3) is 0.333. The van der Waals surface area contributed by atoms with E-state index in [0.717, 1.165) is 17.0 Å². The van der Waals surface area contributed by atoms with Crippen molar-refractivity contribution in [1.29, 1.82) is 0 Å². The quantitative estimate of drug-likeness (QED) is 0.617. The minimum atomic E-state index is -0.451. The van der Waals surface area contributed by atoms with Crippen LogP contribution in [-0.2, 0) is 17.1 Å². The molecule has 0 spiro atoms. The Hall–Kier alpha value is -2.35. The number of hydrogen-bond acceptors (Lipinski definition) is 6. The topological polar surface area (TPSA) is 98.3 Å². The predicted molar refractivity (Wildman–Crippen MR) is 87.1 cm³/mol. The molecule has 2 aromatic rings. The number of nitro benzene ring substituents is 1. The maximum Gasteiger partial charge on any atom is 0.274 e. The number of nitrogens with zero attached hydrogens (tertiary/aromatic N) is 2. The number of carbonyl (C=O) groups excluding carboxylic acids is 1. The number of amides is 1. The highest BCUT2D eigenvalue weighted by Crippen LogP contribution is 2.20. The fourth-order valence-corrected chi connectivity index (χ4v) is 3.04. The summed E-state index contributed by atoms with van der Waals surface area (Å²) in [4.78, 5) is 22.3. The Kier molecular flexibility index (Phi) is 5.75. The number of nitrogens with one attached hydrogen (secondary N) is 1. The molecule has 0 radical (unpaired) electrons. The highest BCUT2D eigenvalue weighted by atomic mass is 32.2. The van der Waals surface area contributed by atoms with Crippen molar-refractivity contribution in [3.63, 3.8) is 0 Å². The van der Waals surface area contributed by atoms with Crippen LogP contribution >= 0.6 is 11.8 Å². The van der Waals surface area contributed by atoms with Crippen LogP contribution in [0.5, 0.6) is 0 Å². The molecule has 7 nitrogen and oxygen atoms in total. The lowest BCUT2D eigenvalue weighted by atomic mass is 10.2. The van der Waals surface area contributed by atoms with E-state index in [0.29, 0.717) is 11.3 Å². The molecule has 1 amide bonds. The summed E-state index contributed by atoms with van der Waals surface area (Å²) in [5.41, 5.74) is 2.33. The first-order chi connectivity index (χ1) is 11.0. The van der Waals surface area contributed by atoms with Crippen molar-refractivity contribution in [1.82, 2.24) is 10.5 Å². The summed E-state index contributed by atoms with van der Waals surface area (Å²) in [6.45, 7) is 3.84. The highest BCUT2D eigenvalue weighted by Gasteiger charge is 2.13. The molecule has 1 aromatic heterocycles. The third-order valence-corrected chi connectivity index (χ3v) is 4.28. The molecule has 0 fully saturated rings. The maximum absolute atomic E-state index is 11.9. The summed E-state index contributed by atoms with van der Waals surface area (Å²) >= 11 is 1.45. The number of para-hydroxylation sites is 1. The lowest BCUT2D eigenvalue weighted by molar-refractivity contribution is -0.385. The molecular formula is C15H17N3O4S. The molecule has 0 saturated carbocycles. The summed E-state index contributed by atoms with van der Waals surface area (Å²) in [5, 5.41) is 17.5. The van der Waals surface area contributed by atoms with Gasteiger partial charge in [0.1, 0.15) is 5.76 Å². The molecule has 1 heterocycles. The molecule has 2 rings (SSSR count). The van der Waals surface area contributed by atoms with Crippen LogP contribution < -0.4 is 5.32 Å². The maximum atomic E-state index is 11.9. The van der Waals surface area contributed by atoms with Crippen LogP contribution in [0.25, 0.3) is 0 Å². The normalized spacial score (nSPS) is 10.5. The van der Waals surface area contributed by atoms with E-state index in [9.17, 15) is 14.9 Å². The van der Waals surface area contributed by atoms with E-state index >= 15 is 0 Å². The van der Waals surface area contributed by atoms with Crippen LogP contribution in [0, 0.1) is 24.0 Å². The zero-order valence-corrected chi connectivity index (χ0v) is 13.7. The Labute approximate surface area is 137 Å². The molecule has 0 saturated heterocycles. The van der Waals surface area contributed by atoms with E-state index in [-0.39, 0.29) is 23.9 Å². The van der Waals surface area contributed by atoms with Gasteiger partial charge >= 0.3 is 0 Å². The number of aryl methyl sites for hydroxylation is 2. The van der Waals surface area contributed by atoms with Crippen LogP contribution in [0.2, 0.25) is 0 Å². The van der Waals surface area contributed by atoms with E-state index in [2.05, 4.69) is 10.5 Å². The zero-order chi connectivity index (χ0) is 16.8. The van der Waals surface area contributed by atoms with E-state index in [1.54, 1.807) is 18.2 Å². The number of nitro groups is 1. The summed E-state index contributed by atoms with van der Waals surface area (Å²) in [6.07, 6.45) is 0. The first-order valence-electron chi connectivity index (χ1n) is 6.97. The molecule has 0 aliphatic heterocycles. The lowest BCUT2D eigenvalue weighted by Gasteiger charge is -2.06. The summed E-state index contributed by atoms with van der Waals surface area (Å²) in [5.74, 6) is 1.50. The smallest absolute Gasteiger partial charge is 0.274 e. The number of thioether (sulfide) groups is 1. The Morgan fingerprint density at radius 2 is 2.13 bits per heavy atom. The van der Waals surface area contributed by atoms with Crippen molar-refractivity contribution < 1.29 is 14.2 Å². The van der Waals surface area contributed by atoms with Crippen LogP contribution in [0.15, 0.2) is 28.8 Å². The standard InChI is InChI=1S/C15H17N3O4S/c1-10-13(11(2)22-17-10)8-23-9-15(19)16-7-12-5-3-4-6-14(12)18(20)21/h3-6H,7-9H2,1-2H3,(H,16,19). The molecule has 23 heavy (non-hydrogen) atoms. The Bertz CT molecular complexity index is 695. The van der Waals surface area contributed by atoms with Gasteiger partial charge in [-0.25, -0.2) is 0 Å².